The lowest BCUT2D eigenvalue weighted by Gasteiger charge is -2.23. The van der Waals surface area contributed by atoms with Crippen LogP contribution in [0, 0.1) is 5.92 Å². The molecule has 2 heterocycles. The number of halogens is 1. The number of hydrogen-bond acceptors (Lipinski definition) is 3. The van der Waals surface area contributed by atoms with Gasteiger partial charge in [0.05, 0.1) is 11.8 Å². The van der Waals surface area contributed by atoms with Crippen LogP contribution in [0.15, 0.2) is 24.4 Å². The van der Waals surface area contributed by atoms with Crippen LogP contribution < -0.4 is 5.32 Å². The molecule has 18 heavy (non-hydrogen) atoms. The Labute approximate surface area is 116 Å². The van der Waals surface area contributed by atoms with Crippen molar-refractivity contribution in [2.75, 3.05) is 19.7 Å². The first-order valence-electron chi connectivity index (χ1n) is 6.59. The topological polar surface area (TPSA) is 34.1 Å². The molecular formula is C14H23ClN2O. The molecule has 1 N–H and O–H groups in total. The Kier molecular flexibility index (Phi) is 7.25. The van der Waals surface area contributed by atoms with Crippen LogP contribution in [0.3, 0.4) is 0 Å². The van der Waals surface area contributed by atoms with Crippen LogP contribution in [0.2, 0.25) is 0 Å². The summed E-state index contributed by atoms with van der Waals surface area (Å²) in [6.45, 7) is 5.26. The lowest BCUT2D eigenvalue weighted by Crippen LogP contribution is -2.28. The van der Waals surface area contributed by atoms with E-state index >= 15 is 0 Å². The fourth-order valence-corrected chi connectivity index (χ4v) is 2.28. The second-order valence-electron chi connectivity index (χ2n) is 4.75. The van der Waals surface area contributed by atoms with Gasteiger partial charge in [-0.05, 0) is 57.3 Å². The van der Waals surface area contributed by atoms with Gasteiger partial charge in [-0.25, -0.2) is 0 Å². The van der Waals surface area contributed by atoms with Crippen LogP contribution in [0.5, 0.6) is 0 Å². The first kappa shape index (κ1) is 15.4. The largest absolute Gasteiger partial charge is 0.372 e. The molecule has 0 bridgehead atoms. The quantitative estimate of drug-likeness (QED) is 0.893. The first-order valence-corrected chi connectivity index (χ1v) is 6.59. The minimum Gasteiger partial charge on any atom is -0.372 e. The number of ether oxygens (including phenoxy) is 1. The molecule has 1 atom stereocenters. The summed E-state index contributed by atoms with van der Waals surface area (Å²) in [6.07, 6.45) is 5.70. The number of piperidine rings is 1. The molecule has 0 saturated carbocycles. The summed E-state index contributed by atoms with van der Waals surface area (Å²) < 4.78 is 5.85. The predicted octanol–water partition coefficient (Wildman–Crippen LogP) is 2.97. The molecule has 1 aliphatic rings. The number of rotatable bonds is 5. The Morgan fingerprint density at radius 3 is 2.83 bits per heavy atom. The van der Waals surface area contributed by atoms with Gasteiger partial charge >= 0.3 is 0 Å². The van der Waals surface area contributed by atoms with Crippen molar-refractivity contribution in [3.8, 4) is 0 Å². The summed E-state index contributed by atoms with van der Waals surface area (Å²) in [7, 11) is 0. The van der Waals surface area contributed by atoms with Crippen molar-refractivity contribution < 1.29 is 4.74 Å². The Hall–Kier alpha value is -0.640. The Balaban J connectivity index is 0.00000162. The molecule has 102 valence electrons. The molecule has 0 spiro atoms. The predicted molar refractivity (Wildman–Crippen MR) is 76.1 cm³/mol. The average molecular weight is 271 g/mol. The highest BCUT2D eigenvalue weighted by molar-refractivity contribution is 5.85. The van der Waals surface area contributed by atoms with Crippen molar-refractivity contribution in [2.45, 2.75) is 32.3 Å². The van der Waals surface area contributed by atoms with Gasteiger partial charge in [0.15, 0.2) is 0 Å². The molecule has 3 nitrogen and oxygen atoms in total. The Bertz CT molecular complexity index is 315. The Morgan fingerprint density at radius 2 is 2.17 bits per heavy atom. The van der Waals surface area contributed by atoms with Crippen LogP contribution in [0.1, 0.15) is 38.0 Å². The summed E-state index contributed by atoms with van der Waals surface area (Å²) >= 11 is 0. The number of hydrogen-bond donors (Lipinski definition) is 1. The highest BCUT2D eigenvalue weighted by Crippen LogP contribution is 2.19. The molecule has 1 unspecified atom stereocenters. The van der Waals surface area contributed by atoms with Crippen LogP contribution >= 0.6 is 12.4 Å². The fourth-order valence-electron chi connectivity index (χ4n) is 2.28. The summed E-state index contributed by atoms with van der Waals surface area (Å²) in [6, 6.07) is 5.97. The molecule has 0 aromatic carbocycles. The third-order valence-electron chi connectivity index (χ3n) is 3.46. The zero-order valence-electron chi connectivity index (χ0n) is 11.0. The first-order chi connectivity index (χ1) is 8.36. The molecule has 0 amide bonds. The molecule has 1 aromatic heterocycles. The van der Waals surface area contributed by atoms with Gasteiger partial charge in [0.2, 0.25) is 0 Å². The minimum absolute atomic E-state index is 0. The smallest absolute Gasteiger partial charge is 0.0966 e. The molecule has 4 heteroatoms. The van der Waals surface area contributed by atoms with E-state index in [4.69, 9.17) is 4.74 Å². The van der Waals surface area contributed by atoms with Gasteiger partial charge in [0.1, 0.15) is 0 Å². The lowest BCUT2D eigenvalue weighted by molar-refractivity contribution is 0.0507. The SMILES string of the molecule is CC(OCCC1CCNCC1)c1ccccn1.Cl. The molecule has 1 aliphatic heterocycles. The van der Waals surface area contributed by atoms with E-state index < -0.39 is 0 Å². The average Bonchev–Trinajstić information content (AvgIpc) is 2.41. The van der Waals surface area contributed by atoms with Gasteiger partial charge < -0.3 is 10.1 Å². The van der Waals surface area contributed by atoms with E-state index in [9.17, 15) is 0 Å². The van der Waals surface area contributed by atoms with Gasteiger partial charge in [-0.1, -0.05) is 6.07 Å². The summed E-state index contributed by atoms with van der Waals surface area (Å²) in [4.78, 5) is 4.31. The monoisotopic (exact) mass is 270 g/mol. The molecule has 0 aliphatic carbocycles. The normalized spacial score (nSPS) is 18.1. The summed E-state index contributed by atoms with van der Waals surface area (Å²) in [5, 5.41) is 3.39. The van der Waals surface area contributed by atoms with Crippen LogP contribution in [0.25, 0.3) is 0 Å². The molecule has 0 radical (unpaired) electrons. The molecule has 1 fully saturated rings. The van der Waals surface area contributed by atoms with Crippen LogP contribution in [-0.2, 0) is 4.74 Å². The molecule has 1 aromatic rings. The number of nitrogens with one attached hydrogen (secondary N) is 1. The highest BCUT2D eigenvalue weighted by atomic mass is 35.5. The maximum absolute atomic E-state index is 5.85. The number of pyridine rings is 1. The lowest BCUT2D eigenvalue weighted by atomic mass is 9.95. The molecular weight excluding hydrogens is 248 g/mol. The minimum atomic E-state index is 0. The van der Waals surface area contributed by atoms with Gasteiger partial charge in [0, 0.05) is 12.8 Å². The zero-order valence-corrected chi connectivity index (χ0v) is 11.8. The van der Waals surface area contributed by atoms with Gasteiger partial charge in [-0.15, -0.1) is 12.4 Å². The van der Waals surface area contributed by atoms with Crippen molar-refractivity contribution in [3.05, 3.63) is 30.1 Å². The van der Waals surface area contributed by atoms with Gasteiger partial charge in [0.25, 0.3) is 0 Å². The zero-order chi connectivity index (χ0) is 11.9. The van der Waals surface area contributed by atoms with Gasteiger partial charge in [-0.3, -0.25) is 4.98 Å². The van der Waals surface area contributed by atoms with E-state index in [-0.39, 0.29) is 18.5 Å². The van der Waals surface area contributed by atoms with Crippen molar-refractivity contribution in [2.24, 2.45) is 5.92 Å². The molecule has 2 rings (SSSR count). The molecule has 1 saturated heterocycles. The number of aromatic nitrogens is 1. The van der Waals surface area contributed by atoms with Crippen LogP contribution in [-0.4, -0.2) is 24.7 Å². The highest BCUT2D eigenvalue weighted by Gasteiger charge is 2.13. The second kappa shape index (κ2) is 8.46. The van der Waals surface area contributed by atoms with E-state index in [2.05, 4.69) is 17.2 Å². The van der Waals surface area contributed by atoms with Crippen molar-refractivity contribution in [1.29, 1.82) is 0 Å². The summed E-state index contributed by atoms with van der Waals surface area (Å²) in [5.41, 5.74) is 1.03. The third kappa shape index (κ3) is 4.92. The van der Waals surface area contributed by atoms with Crippen LogP contribution in [0.4, 0.5) is 0 Å². The van der Waals surface area contributed by atoms with Gasteiger partial charge in [-0.2, -0.15) is 0 Å². The Morgan fingerprint density at radius 1 is 1.39 bits per heavy atom. The fraction of sp³-hybridized carbons (Fsp3) is 0.643. The summed E-state index contributed by atoms with van der Waals surface area (Å²) in [5.74, 6) is 0.840. The van der Waals surface area contributed by atoms with E-state index in [1.165, 1.54) is 32.4 Å². The van der Waals surface area contributed by atoms with Crippen molar-refractivity contribution >= 4 is 12.4 Å². The van der Waals surface area contributed by atoms with E-state index in [1.54, 1.807) is 0 Å². The maximum atomic E-state index is 5.85. The third-order valence-corrected chi connectivity index (χ3v) is 3.46. The standard InChI is InChI=1S/C14H22N2O.ClH/c1-12(14-4-2-3-8-16-14)17-11-7-13-5-9-15-10-6-13;/h2-4,8,12-13,15H,5-7,9-11H2,1H3;1H. The van der Waals surface area contributed by atoms with E-state index in [0.717, 1.165) is 18.2 Å². The van der Waals surface area contributed by atoms with Crippen molar-refractivity contribution in [3.63, 3.8) is 0 Å². The number of nitrogens with zero attached hydrogens (tertiary/aromatic N) is 1. The van der Waals surface area contributed by atoms with E-state index in [0.29, 0.717) is 0 Å². The maximum Gasteiger partial charge on any atom is 0.0966 e. The second-order valence-corrected chi connectivity index (χ2v) is 4.75. The van der Waals surface area contributed by atoms with E-state index in [1.807, 2.05) is 24.4 Å². The van der Waals surface area contributed by atoms with Crippen molar-refractivity contribution in [1.82, 2.24) is 10.3 Å².